The fraction of sp³-hybridized carbons (Fsp3) is 0.533. The van der Waals surface area contributed by atoms with Crippen molar-refractivity contribution in [1.29, 1.82) is 0 Å². The van der Waals surface area contributed by atoms with Gasteiger partial charge in [-0.2, -0.15) is 0 Å². The van der Waals surface area contributed by atoms with Crippen LogP contribution in [-0.2, 0) is 9.53 Å². The second kappa shape index (κ2) is 6.75. The Kier molecular flexibility index (Phi) is 4.75. The van der Waals surface area contributed by atoms with Crippen molar-refractivity contribution in [1.82, 2.24) is 16.2 Å². The SMILES string of the molecule is O=C(COCC1CC1)NC1NNCC1c1cccc(Cl)c1. The largest absolute Gasteiger partial charge is 0.371 e. The van der Waals surface area contributed by atoms with Gasteiger partial charge in [-0.1, -0.05) is 23.7 Å². The first-order chi connectivity index (χ1) is 10.2. The average molecular weight is 310 g/mol. The first-order valence-corrected chi connectivity index (χ1v) is 7.71. The molecule has 0 radical (unpaired) electrons. The molecule has 1 amide bonds. The van der Waals surface area contributed by atoms with Gasteiger partial charge >= 0.3 is 0 Å². The molecule has 1 aliphatic heterocycles. The van der Waals surface area contributed by atoms with Crippen LogP contribution in [0.15, 0.2) is 24.3 Å². The number of hydrogen-bond acceptors (Lipinski definition) is 4. The van der Waals surface area contributed by atoms with E-state index in [1.54, 1.807) is 0 Å². The molecule has 1 aromatic carbocycles. The lowest BCUT2D eigenvalue weighted by molar-refractivity contribution is -0.126. The van der Waals surface area contributed by atoms with E-state index in [1.165, 1.54) is 12.8 Å². The van der Waals surface area contributed by atoms with Crippen LogP contribution in [0.25, 0.3) is 0 Å². The summed E-state index contributed by atoms with van der Waals surface area (Å²) in [4.78, 5) is 11.9. The molecular formula is C15H20ClN3O2. The lowest BCUT2D eigenvalue weighted by Gasteiger charge is -2.20. The van der Waals surface area contributed by atoms with Crippen LogP contribution in [0.4, 0.5) is 0 Å². The third kappa shape index (κ3) is 4.17. The fourth-order valence-corrected chi connectivity index (χ4v) is 2.70. The number of benzene rings is 1. The van der Waals surface area contributed by atoms with E-state index in [1.807, 2.05) is 24.3 Å². The van der Waals surface area contributed by atoms with Gasteiger partial charge in [0.25, 0.3) is 0 Å². The molecule has 6 heteroatoms. The second-order valence-electron chi connectivity index (χ2n) is 5.69. The minimum Gasteiger partial charge on any atom is -0.371 e. The summed E-state index contributed by atoms with van der Waals surface area (Å²) < 4.78 is 5.41. The van der Waals surface area contributed by atoms with Crippen LogP contribution >= 0.6 is 11.6 Å². The lowest BCUT2D eigenvalue weighted by Crippen LogP contribution is -2.47. The summed E-state index contributed by atoms with van der Waals surface area (Å²) in [7, 11) is 0. The molecule has 1 aliphatic carbocycles. The van der Waals surface area contributed by atoms with Crippen molar-refractivity contribution in [2.24, 2.45) is 5.92 Å². The number of ether oxygens (including phenoxy) is 1. The molecule has 0 aromatic heterocycles. The van der Waals surface area contributed by atoms with E-state index < -0.39 is 0 Å². The van der Waals surface area contributed by atoms with Crippen LogP contribution in [0, 0.1) is 5.92 Å². The Hall–Kier alpha value is -1.14. The van der Waals surface area contributed by atoms with Crippen LogP contribution < -0.4 is 16.2 Å². The highest BCUT2D eigenvalue weighted by Crippen LogP contribution is 2.28. The predicted molar refractivity (Wildman–Crippen MR) is 80.8 cm³/mol. The standard InChI is InChI=1S/C15H20ClN3O2/c16-12-3-1-2-11(6-12)13-7-17-19-15(13)18-14(20)9-21-8-10-4-5-10/h1-3,6,10,13,15,17,19H,4-5,7-9H2,(H,18,20). The summed E-state index contributed by atoms with van der Waals surface area (Å²) in [5, 5.41) is 3.67. The highest BCUT2D eigenvalue weighted by Gasteiger charge is 2.29. The third-order valence-corrected chi connectivity index (χ3v) is 4.09. The maximum Gasteiger partial charge on any atom is 0.247 e. The fourth-order valence-electron chi connectivity index (χ4n) is 2.50. The molecule has 1 saturated carbocycles. The van der Waals surface area contributed by atoms with E-state index >= 15 is 0 Å². The summed E-state index contributed by atoms with van der Waals surface area (Å²) in [5.41, 5.74) is 7.27. The third-order valence-electron chi connectivity index (χ3n) is 3.86. The van der Waals surface area contributed by atoms with Crippen LogP contribution in [0.3, 0.4) is 0 Å². The van der Waals surface area contributed by atoms with Gasteiger partial charge in [0.05, 0.1) is 6.61 Å². The van der Waals surface area contributed by atoms with Crippen molar-refractivity contribution in [3.05, 3.63) is 34.9 Å². The topological polar surface area (TPSA) is 62.4 Å². The Labute approximate surface area is 129 Å². The summed E-state index contributed by atoms with van der Waals surface area (Å²) in [6, 6.07) is 7.73. The predicted octanol–water partition coefficient (Wildman–Crippen LogP) is 1.40. The normalized spacial score (nSPS) is 25.0. The van der Waals surface area contributed by atoms with Crippen LogP contribution in [0.5, 0.6) is 0 Å². The summed E-state index contributed by atoms with van der Waals surface area (Å²) in [6.07, 6.45) is 2.31. The van der Waals surface area contributed by atoms with E-state index in [0.717, 1.165) is 12.1 Å². The maximum absolute atomic E-state index is 11.9. The van der Waals surface area contributed by atoms with E-state index in [2.05, 4.69) is 16.2 Å². The van der Waals surface area contributed by atoms with Crippen molar-refractivity contribution >= 4 is 17.5 Å². The Morgan fingerprint density at radius 1 is 1.43 bits per heavy atom. The molecule has 1 heterocycles. The highest BCUT2D eigenvalue weighted by atomic mass is 35.5. The quantitative estimate of drug-likeness (QED) is 0.743. The van der Waals surface area contributed by atoms with Gasteiger partial charge < -0.3 is 10.1 Å². The van der Waals surface area contributed by atoms with Gasteiger partial charge in [0.2, 0.25) is 5.91 Å². The molecule has 1 aromatic rings. The number of carbonyl (C=O) groups excluding carboxylic acids is 1. The molecule has 1 saturated heterocycles. The van der Waals surface area contributed by atoms with Crippen LogP contribution in [0.1, 0.15) is 24.3 Å². The van der Waals surface area contributed by atoms with E-state index in [0.29, 0.717) is 17.5 Å². The molecule has 0 bridgehead atoms. The molecule has 5 nitrogen and oxygen atoms in total. The number of carbonyl (C=O) groups is 1. The zero-order valence-electron chi connectivity index (χ0n) is 11.8. The lowest BCUT2D eigenvalue weighted by atomic mass is 9.97. The Morgan fingerprint density at radius 3 is 3.05 bits per heavy atom. The van der Waals surface area contributed by atoms with Crippen molar-refractivity contribution in [2.45, 2.75) is 24.9 Å². The van der Waals surface area contributed by atoms with Crippen LogP contribution in [0.2, 0.25) is 5.02 Å². The molecule has 114 valence electrons. The molecule has 3 rings (SSSR count). The molecule has 3 N–H and O–H groups in total. The van der Waals surface area contributed by atoms with Gasteiger partial charge in [0.15, 0.2) is 0 Å². The molecule has 2 unspecified atom stereocenters. The Bertz CT molecular complexity index is 507. The number of nitrogens with one attached hydrogen (secondary N) is 3. The van der Waals surface area contributed by atoms with Gasteiger partial charge in [-0.3, -0.25) is 10.2 Å². The molecule has 2 aliphatic rings. The number of hydrogen-bond donors (Lipinski definition) is 3. The molecule has 21 heavy (non-hydrogen) atoms. The number of amides is 1. The smallest absolute Gasteiger partial charge is 0.247 e. The molecule has 0 spiro atoms. The molecular weight excluding hydrogens is 290 g/mol. The summed E-state index contributed by atoms with van der Waals surface area (Å²) >= 11 is 6.03. The Balaban J connectivity index is 1.52. The van der Waals surface area contributed by atoms with Gasteiger partial charge in [-0.05, 0) is 36.5 Å². The van der Waals surface area contributed by atoms with Gasteiger partial charge in [-0.15, -0.1) is 0 Å². The first-order valence-electron chi connectivity index (χ1n) is 7.33. The molecule has 2 atom stereocenters. The van der Waals surface area contributed by atoms with Gasteiger partial charge in [0, 0.05) is 17.5 Å². The second-order valence-corrected chi connectivity index (χ2v) is 6.13. The van der Waals surface area contributed by atoms with Crippen LogP contribution in [-0.4, -0.2) is 31.8 Å². The first kappa shape index (κ1) is 14.8. The van der Waals surface area contributed by atoms with Gasteiger partial charge in [0.1, 0.15) is 12.8 Å². The number of hydrazine groups is 1. The van der Waals surface area contributed by atoms with Gasteiger partial charge in [-0.25, -0.2) is 5.43 Å². The summed E-state index contributed by atoms with van der Waals surface area (Å²) in [5.74, 6) is 0.725. The number of rotatable bonds is 6. The Morgan fingerprint density at radius 2 is 2.29 bits per heavy atom. The monoisotopic (exact) mass is 309 g/mol. The van der Waals surface area contributed by atoms with Crippen molar-refractivity contribution in [2.75, 3.05) is 19.8 Å². The minimum atomic E-state index is -0.152. The van der Waals surface area contributed by atoms with E-state index in [4.69, 9.17) is 16.3 Å². The highest BCUT2D eigenvalue weighted by molar-refractivity contribution is 6.30. The zero-order chi connectivity index (χ0) is 14.7. The number of halogens is 1. The summed E-state index contributed by atoms with van der Waals surface area (Å²) in [6.45, 7) is 1.56. The molecule has 2 fully saturated rings. The van der Waals surface area contributed by atoms with Crippen molar-refractivity contribution in [3.8, 4) is 0 Å². The minimum absolute atomic E-state index is 0.0936. The van der Waals surface area contributed by atoms with E-state index in [9.17, 15) is 4.79 Å². The average Bonchev–Trinajstić information content (AvgIpc) is 3.16. The zero-order valence-corrected chi connectivity index (χ0v) is 12.5. The van der Waals surface area contributed by atoms with Crippen molar-refractivity contribution < 1.29 is 9.53 Å². The van der Waals surface area contributed by atoms with E-state index in [-0.39, 0.29) is 24.6 Å². The van der Waals surface area contributed by atoms with Crippen molar-refractivity contribution in [3.63, 3.8) is 0 Å². The maximum atomic E-state index is 11.9.